The highest BCUT2D eigenvalue weighted by Crippen LogP contribution is 2.37. The van der Waals surface area contributed by atoms with Gasteiger partial charge < -0.3 is 43.9 Å². The van der Waals surface area contributed by atoms with E-state index in [4.69, 9.17) is 23.7 Å². The van der Waals surface area contributed by atoms with Crippen LogP contribution in [0.15, 0.2) is 36.0 Å². The van der Waals surface area contributed by atoms with E-state index < -0.39 is 47.7 Å². The number of hydrogen-bond acceptors (Lipinski definition) is 12. The van der Waals surface area contributed by atoms with Crippen molar-refractivity contribution in [2.45, 2.75) is 134 Å². The van der Waals surface area contributed by atoms with Gasteiger partial charge in [0.1, 0.15) is 11.7 Å². The minimum Gasteiger partial charge on any atom is -0.469 e. The van der Waals surface area contributed by atoms with E-state index in [-0.39, 0.29) is 42.9 Å². The molecular weight excluding hydrogens is 672 g/mol. The second-order valence-electron chi connectivity index (χ2n) is 15.2. The molecule has 1 amide bonds. The molecule has 3 heterocycles. The molecule has 3 aliphatic heterocycles. The summed E-state index contributed by atoms with van der Waals surface area (Å²) in [6.07, 6.45) is 7.60. The number of carbonyl (C=O) groups excluding carboxylic acids is 3. The predicted molar refractivity (Wildman–Crippen MR) is 195 cm³/mol. The summed E-state index contributed by atoms with van der Waals surface area (Å²) in [5.41, 5.74) is -1.43. The van der Waals surface area contributed by atoms with Crippen LogP contribution >= 0.6 is 0 Å². The summed E-state index contributed by atoms with van der Waals surface area (Å²) in [7, 11) is 2.92. The van der Waals surface area contributed by atoms with Crippen molar-refractivity contribution in [2.24, 2.45) is 11.8 Å². The molecule has 13 nitrogen and oxygen atoms in total. The molecule has 2 fully saturated rings. The maximum atomic E-state index is 13.5. The Morgan fingerprint density at radius 2 is 1.88 bits per heavy atom. The van der Waals surface area contributed by atoms with E-state index in [2.05, 4.69) is 4.90 Å². The Morgan fingerprint density at radius 3 is 2.52 bits per heavy atom. The van der Waals surface area contributed by atoms with Crippen molar-refractivity contribution in [3.05, 3.63) is 36.0 Å². The summed E-state index contributed by atoms with van der Waals surface area (Å²) >= 11 is 0. The Hall–Kier alpha value is -2.81. The van der Waals surface area contributed by atoms with Crippen molar-refractivity contribution in [1.82, 2.24) is 9.80 Å². The van der Waals surface area contributed by atoms with Crippen LogP contribution in [0.3, 0.4) is 0 Å². The number of ether oxygens (including phenoxy) is 5. The molecule has 296 valence electrons. The first-order valence-electron chi connectivity index (χ1n) is 18.8. The van der Waals surface area contributed by atoms with Crippen LogP contribution in [0.5, 0.6) is 0 Å². The monoisotopic (exact) mass is 736 g/mol. The third-order valence-corrected chi connectivity index (χ3v) is 10.8. The second kappa shape index (κ2) is 20.0. The standard InChI is InChI=1S/C39H64N2O11/c1-9-30(43)28(4)36-31(50-36)25-38(5,47)17-10-12-26(2)35-27(3)14-15-32(39(6,49-8)18-16-29(42)24-34(45)52-35)51-37(46)41-22-20-40(21-23-41)19-11-13-33(44)48-7/h10,12,14-15,17,27-32,35-36,42-43,47H,9,11,13,16,18-25H2,1-8H3/b15-14+,17-10+,26-12+/t27-,28+,29+,30-,31+,32-,35+,36+,38?,39+/m0/s1. The fourth-order valence-corrected chi connectivity index (χ4v) is 6.90. The summed E-state index contributed by atoms with van der Waals surface area (Å²) in [5.74, 6) is -1.14. The first-order valence-corrected chi connectivity index (χ1v) is 18.8. The van der Waals surface area contributed by atoms with Gasteiger partial charge in [0.2, 0.25) is 0 Å². The zero-order valence-corrected chi connectivity index (χ0v) is 32.5. The molecule has 3 rings (SSSR count). The van der Waals surface area contributed by atoms with Gasteiger partial charge in [0, 0.05) is 58.0 Å². The summed E-state index contributed by atoms with van der Waals surface area (Å²) in [5, 5.41) is 32.0. The van der Waals surface area contributed by atoms with Gasteiger partial charge in [-0.25, -0.2) is 4.79 Å². The molecule has 3 N–H and O–H groups in total. The zero-order chi connectivity index (χ0) is 38.6. The molecule has 10 atom stereocenters. The van der Waals surface area contributed by atoms with Gasteiger partial charge in [-0.2, -0.15) is 0 Å². The molecule has 0 spiro atoms. The number of hydrogen-bond donors (Lipinski definition) is 3. The second-order valence-corrected chi connectivity index (χ2v) is 15.2. The summed E-state index contributed by atoms with van der Waals surface area (Å²) in [4.78, 5) is 41.8. The number of aliphatic hydroxyl groups excluding tert-OH is 2. The highest BCUT2D eigenvalue weighted by molar-refractivity contribution is 5.70. The van der Waals surface area contributed by atoms with Gasteiger partial charge >= 0.3 is 18.0 Å². The number of epoxide rings is 1. The van der Waals surface area contributed by atoms with Crippen LogP contribution in [0, 0.1) is 11.8 Å². The van der Waals surface area contributed by atoms with Crippen LogP contribution in [0.1, 0.15) is 86.5 Å². The maximum absolute atomic E-state index is 13.5. The summed E-state index contributed by atoms with van der Waals surface area (Å²) < 4.78 is 28.4. The number of esters is 2. The van der Waals surface area contributed by atoms with Crippen LogP contribution in [0.25, 0.3) is 0 Å². The summed E-state index contributed by atoms with van der Waals surface area (Å²) in [6, 6.07) is 0. The van der Waals surface area contributed by atoms with Crippen molar-refractivity contribution in [3.63, 3.8) is 0 Å². The fraction of sp³-hybridized carbons (Fsp3) is 0.769. The van der Waals surface area contributed by atoms with Gasteiger partial charge in [-0.15, -0.1) is 0 Å². The Morgan fingerprint density at radius 1 is 1.19 bits per heavy atom. The number of piperazine rings is 1. The number of amides is 1. The van der Waals surface area contributed by atoms with Crippen molar-refractivity contribution in [2.75, 3.05) is 46.9 Å². The molecule has 0 radical (unpaired) electrons. The van der Waals surface area contributed by atoms with Crippen LogP contribution in [0.4, 0.5) is 4.79 Å². The number of rotatable bonds is 14. The Balaban J connectivity index is 1.72. The van der Waals surface area contributed by atoms with E-state index in [0.717, 1.165) is 12.1 Å². The average Bonchev–Trinajstić information content (AvgIpc) is 3.87. The van der Waals surface area contributed by atoms with Gasteiger partial charge in [0.15, 0.2) is 6.10 Å². The van der Waals surface area contributed by atoms with Crippen molar-refractivity contribution in [1.29, 1.82) is 0 Å². The maximum Gasteiger partial charge on any atom is 0.410 e. The molecule has 0 aromatic heterocycles. The van der Waals surface area contributed by atoms with Gasteiger partial charge in [-0.1, -0.05) is 45.1 Å². The summed E-state index contributed by atoms with van der Waals surface area (Å²) in [6.45, 7) is 14.1. The average molecular weight is 737 g/mol. The molecule has 0 aromatic rings. The van der Waals surface area contributed by atoms with Crippen molar-refractivity contribution in [3.8, 4) is 0 Å². The fourth-order valence-electron chi connectivity index (χ4n) is 6.90. The minimum absolute atomic E-state index is 0.0160. The molecule has 1 unspecified atom stereocenters. The lowest BCUT2D eigenvalue weighted by Gasteiger charge is -2.38. The van der Waals surface area contributed by atoms with E-state index in [1.165, 1.54) is 7.11 Å². The third-order valence-electron chi connectivity index (χ3n) is 10.8. The van der Waals surface area contributed by atoms with E-state index in [0.29, 0.717) is 58.3 Å². The number of methoxy groups -OCH3 is 2. The molecule has 0 saturated carbocycles. The van der Waals surface area contributed by atoms with Crippen LogP contribution < -0.4 is 0 Å². The van der Waals surface area contributed by atoms with E-state index in [1.807, 2.05) is 40.7 Å². The predicted octanol–water partition coefficient (Wildman–Crippen LogP) is 3.93. The smallest absolute Gasteiger partial charge is 0.410 e. The van der Waals surface area contributed by atoms with E-state index in [1.54, 1.807) is 43.2 Å². The Labute approximate surface area is 309 Å². The number of aliphatic hydroxyl groups is 3. The van der Waals surface area contributed by atoms with Gasteiger partial charge in [-0.05, 0) is 64.6 Å². The topological polar surface area (TPSA) is 168 Å². The van der Waals surface area contributed by atoms with Crippen molar-refractivity contribution < 1.29 is 53.4 Å². The quantitative estimate of drug-likeness (QED) is 0.0774. The molecular formula is C39H64N2O11. The Kier molecular flexibility index (Phi) is 16.8. The lowest BCUT2D eigenvalue weighted by atomic mass is 9.88. The number of allylic oxidation sites excluding steroid dienone is 2. The minimum atomic E-state index is -1.16. The number of cyclic esters (lactones) is 1. The zero-order valence-electron chi connectivity index (χ0n) is 32.5. The largest absolute Gasteiger partial charge is 0.469 e. The Bertz CT molecular complexity index is 1260. The number of carbonyl (C=O) groups is 3. The molecule has 2 saturated heterocycles. The van der Waals surface area contributed by atoms with Crippen LogP contribution in [-0.2, 0) is 33.3 Å². The number of nitrogens with zero attached hydrogens (tertiary/aromatic N) is 2. The lowest BCUT2D eigenvalue weighted by Crippen LogP contribution is -2.51. The molecule has 0 aromatic carbocycles. The van der Waals surface area contributed by atoms with E-state index >= 15 is 0 Å². The SMILES string of the molecule is CC[C@H](O)[C@@H](C)[C@H]1O[C@@H]1CC(C)(O)/C=C/C=C(\C)[C@H]1OC(=O)C[C@H](O)CC[C@@](C)(OC)[C@@H](OC(=O)N2CCN(CCCC(=O)OC)CC2)/C=C/[C@@H]1C. The molecule has 3 aliphatic rings. The molecule has 0 aliphatic carbocycles. The van der Waals surface area contributed by atoms with Crippen LogP contribution in [-0.4, -0.2) is 138 Å². The molecule has 13 heteroatoms. The lowest BCUT2D eigenvalue weighted by molar-refractivity contribution is -0.151. The molecule has 52 heavy (non-hydrogen) atoms. The highest BCUT2D eigenvalue weighted by atomic mass is 16.6. The highest BCUT2D eigenvalue weighted by Gasteiger charge is 2.47. The normalized spacial score (nSPS) is 32.5. The molecule has 0 bridgehead atoms. The first-order chi connectivity index (χ1) is 24.5. The van der Waals surface area contributed by atoms with Gasteiger partial charge in [0.05, 0.1) is 43.5 Å². The first kappa shape index (κ1) is 43.6. The van der Waals surface area contributed by atoms with Crippen LogP contribution in [0.2, 0.25) is 0 Å². The van der Waals surface area contributed by atoms with Gasteiger partial charge in [0.25, 0.3) is 0 Å². The van der Waals surface area contributed by atoms with E-state index in [9.17, 15) is 29.7 Å². The third kappa shape index (κ3) is 13.2. The van der Waals surface area contributed by atoms with Gasteiger partial charge in [-0.3, -0.25) is 14.5 Å². The van der Waals surface area contributed by atoms with Crippen molar-refractivity contribution >= 4 is 18.0 Å².